The predicted octanol–water partition coefficient (Wildman–Crippen LogP) is 3.87. The van der Waals surface area contributed by atoms with E-state index in [-0.39, 0.29) is 18.2 Å². The Morgan fingerprint density at radius 1 is 1.18 bits per heavy atom. The number of nitrogens with zero attached hydrogens (tertiary/aromatic N) is 2. The summed E-state index contributed by atoms with van der Waals surface area (Å²) in [5, 5.41) is 0. The number of allylic oxidation sites excluding steroid dienone is 1. The van der Waals surface area contributed by atoms with Gasteiger partial charge in [0.2, 0.25) is 0 Å². The summed E-state index contributed by atoms with van der Waals surface area (Å²) in [6.45, 7) is 8.05. The van der Waals surface area contributed by atoms with Crippen LogP contribution in [0.1, 0.15) is 43.7 Å². The molecular weight excluding hydrogens is 356 g/mol. The smallest absolute Gasteiger partial charge is 0.357 e. The van der Waals surface area contributed by atoms with Gasteiger partial charge in [-0.3, -0.25) is 9.69 Å². The van der Waals surface area contributed by atoms with Gasteiger partial charge in [0.15, 0.2) is 6.61 Å². The summed E-state index contributed by atoms with van der Waals surface area (Å²) in [5.41, 5.74) is 2.38. The van der Waals surface area contributed by atoms with Gasteiger partial charge in [-0.2, -0.15) is 0 Å². The Morgan fingerprint density at radius 3 is 2.64 bits per heavy atom. The molecule has 28 heavy (non-hydrogen) atoms. The molecule has 1 amide bonds. The minimum Gasteiger partial charge on any atom is -0.494 e. The first-order chi connectivity index (χ1) is 13.3. The van der Waals surface area contributed by atoms with Crippen molar-refractivity contribution in [2.24, 2.45) is 0 Å². The summed E-state index contributed by atoms with van der Waals surface area (Å²) < 4.78 is 10.8. The predicted molar refractivity (Wildman–Crippen MR) is 107 cm³/mol. The lowest BCUT2D eigenvalue weighted by Gasteiger charge is -2.41. The lowest BCUT2D eigenvalue weighted by molar-refractivity contribution is -0.122. The lowest BCUT2D eigenvalue weighted by Crippen LogP contribution is -2.50. The number of carbonyl (C=O) groups excluding carboxylic acids is 2. The van der Waals surface area contributed by atoms with Crippen LogP contribution in [-0.4, -0.2) is 35.6 Å². The van der Waals surface area contributed by atoms with E-state index in [4.69, 9.17) is 9.47 Å². The molecule has 0 aliphatic carbocycles. The summed E-state index contributed by atoms with van der Waals surface area (Å²) in [7, 11) is 0. The maximum atomic E-state index is 13.0. The van der Waals surface area contributed by atoms with E-state index < -0.39 is 11.5 Å². The molecule has 1 aromatic carbocycles. The monoisotopic (exact) mass is 380 g/mol. The number of ether oxygens (including phenoxy) is 2. The van der Waals surface area contributed by atoms with Crippen LogP contribution in [-0.2, 0) is 9.53 Å². The molecule has 0 bridgehead atoms. The first-order valence-corrected chi connectivity index (χ1v) is 9.21. The first-order valence-electron chi connectivity index (χ1n) is 9.21. The van der Waals surface area contributed by atoms with Crippen molar-refractivity contribution in [3.63, 3.8) is 0 Å². The number of carbonyl (C=O) groups is 2. The number of benzene rings is 1. The second-order valence-corrected chi connectivity index (χ2v) is 7.11. The number of hydrogen-bond donors (Lipinski definition) is 0. The van der Waals surface area contributed by atoms with Gasteiger partial charge in [0.1, 0.15) is 11.4 Å². The summed E-state index contributed by atoms with van der Waals surface area (Å²) in [6, 6.07) is 10.6. The van der Waals surface area contributed by atoms with Gasteiger partial charge in [0.25, 0.3) is 5.91 Å². The number of esters is 1. The molecule has 146 valence electrons. The molecule has 1 aliphatic rings. The van der Waals surface area contributed by atoms with Crippen molar-refractivity contribution >= 4 is 23.1 Å². The van der Waals surface area contributed by atoms with E-state index >= 15 is 0 Å². The van der Waals surface area contributed by atoms with Gasteiger partial charge in [-0.05, 0) is 63.6 Å². The van der Waals surface area contributed by atoms with Gasteiger partial charge in [0, 0.05) is 11.8 Å². The van der Waals surface area contributed by atoms with Crippen LogP contribution in [0.3, 0.4) is 0 Å². The quantitative estimate of drug-likeness (QED) is 0.737. The second kappa shape index (κ2) is 7.84. The van der Waals surface area contributed by atoms with E-state index in [9.17, 15) is 9.59 Å². The molecule has 6 nitrogen and oxygen atoms in total. The average Bonchev–Trinajstić information content (AvgIpc) is 2.67. The fourth-order valence-corrected chi connectivity index (χ4v) is 3.47. The van der Waals surface area contributed by atoms with Crippen molar-refractivity contribution in [1.82, 2.24) is 4.98 Å². The Balaban J connectivity index is 1.84. The number of pyridine rings is 1. The van der Waals surface area contributed by atoms with Crippen molar-refractivity contribution in [2.75, 3.05) is 18.1 Å². The molecule has 0 spiro atoms. The van der Waals surface area contributed by atoms with E-state index in [1.165, 1.54) is 6.20 Å². The van der Waals surface area contributed by atoms with Crippen molar-refractivity contribution < 1.29 is 19.1 Å². The van der Waals surface area contributed by atoms with E-state index in [0.29, 0.717) is 6.61 Å². The highest BCUT2D eigenvalue weighted by Crippen LogP contribution is 2.40. The van der Waals surface area contributed by atoms with Gasteiger partial charge in [-0.25, -0.2) is 9.78 Å². The fourth-order valence-electron chi connectivity index (χ4n) is 3.47. The third kappa shape index (κ3) is 3.91. The first kappa shape index (κ1) is 19.6. The lowest BCUT2D eigenvalue weighted by atomic mass is 9.88. The minimum absolute atomic E-state index is 0.172. The number of fused-ring (bicyclic) bond motifs is 1. The number of amides is 1. The second-order valence-electron chi connectivity index (χ2n) is 7.11. The Labute approximate surface area is 164 Å². The molecule has 3 rings (SSSR count). The Hall–Kier alpha value is -3.15. The van der Waals surface area contributed by atoms with Crippen molar-refractivity contribution in [3.8, 4) is 5.75 Å². The highest BCUT2D eigenvalue weighted by molar-refractivity contribution is 6.02. The van der Waals surface area contributed by atoms with E-state index in [1.807, 2.05) is 52.0 Å². The Morgan fingerprint density at radius 2 is 1.96 bits per heavy atom. The minimum atomic E-state index is -0.623. The van der Waals surface area contributed by atoms with Crippen LogP contribution in [0.4, 0.5) is 5.69 Å². The van der Waals surface area contributed by atoms with Crippen LogP contribution in [0, 0.1) is 0 Å². The van der Waals surface area contributed by atoms with Crippen LogP contribution in [0.25, 0.3) is 5.57 Å². The molecule has 1 aliphatic heterocycles. The van der Waals surface area contributed by atoms with Crippen LogP contribution in [0.5, 0.6) is 5.75 Å². The van der Waals surface area contributed by atoms with E-state index in [0.717, 1.165) is 22.6 Å². The molecular formula is C22H24N2O4. The maximum absolute atomic E-state index is 13.0. The van der Waals surface area contributed by atoms with Gasteiger partial charge in [-0.1, -0.05) is 12.1 Å². The molecule has 0 radical (unpaired) electrons. The summed E-state index contributed by atoms with van der Waals surface area (Å²) >= 11 is 0. The third-order valence-corrected chi connectivity index (χ3v) is 4.54. The molecule has 0 saturated heterocycles. The molecule has 6 heteroatoms. The summed E-state index contributed by atoms with van der Waals surface area (Å²) in [4.78, 5) is 30.7. The average molecular weight is 380 g/mol. The molecule has 0 unspecified atom stereocenters. The van der Waals surface area contributed by atoms with Crippen LogP contribution in [0.15, 0.2) is 48.7 Å². The number of rotatable bonds is 5. The van der Waals surface area contributed by atoms with Crippen LogP contribution < -0.4 is 9.64 Å². The molecule has 2 aromatic rings. The van der Waals surface area contributed by atoms with Crippen LogP contribution >= 0.6 is 0 Å². The van der Waals surface area contributed by atoms with Gasteiger partial charge in [0.05, 0.1) is 17.8 Å². The zero-order valence-corrected chi connectivity index (χ0v) is 16.6. The standard InChI is InChI=1S/C22H24N2O4/c1-5-27-16-9-10-19-17(12-16)15(2)13-22(3,4)24(19)20(25)14-28-21(26)18-8-6-7-11-23-18/h6-13H,5,14H2,1-4H3. The number of aromatic nitrogens is 1. The van der Waals surface area contributed by atoms with Gasteiger partial charge < -0.3 is 9.47 Å². The highest BCUT2D eigenvalue weighted by atomic mass is 16.5. The number of hydrogen-bond acceptors (Lipinski definition) is 5. The zero-order valence-electron chi connectivity index (χ0n) is 16.6. The highest BCUT2D eigenvalue weighted by Gasteiger charge is 2.36. The summed E-state index contributed by atoms with van der Waals surface area (Å²) in [5.74, 6) is -0.173. The third-order valence-electron chi connectivity index (χ3n) is 4.54. The fraction of sp³-hybridized carbons (Fsp3) is 0.318. The van der Waals surface area contributed by atoms with Crippen LogP contribution in [0.2, 0.25) is 0 Å². The molecule has 0 atom stereocenters. The van der Waals surface area contributed by atoms with Crippen molar-refractivity contribution in [1.29, 1.82) is 0 Å². The topological polar surface area (TPSA) is 68.7 Å². The molecule has 2 heterocycles. The van der Waals surface area contributed by atoms with E-state index in [1.54, 1.807) is 23.1 Å². The largest absolute Gasteiger partial charge is 0.494 e. The van der Waals surface area contributed by atoms with Gasteiger partial charge in [-0.15, -0.1) is 0 Å². The molecule has 0 N–H and O–H groups in total. The Bertz CT molecular complexity index is 919. The molecule has 0 saturated carbocycles. The van der Waals surface area contributed by atoms with E-state index in [2.05, 4.69) is 4.98 Å². The van der Waals surface area contributed by atoms with Crippen molar-refractivity contribution in [2.45, 2.75) is 33.2 Å². The Kier molecular flexibility index (Phi) is 5.49. The summed E-state index contributed by atoms with van der Waals surface area (Å²) in [6.07, 6.45) is 3.54. The molecule has 1 aromatic heterocycles. The zero-order chi connectivity index (χ0) is 20.3. The van der Waals surface area contributed by atoms with Gasteiger partial charge >= 0.3 is 5.97 Å². The SMILES string of the molecule is CCOc1ccc2c(c1)C(C)=CC(C)(C)N2C(=O)COC(=O)c1ccccn1. The number of anilines is 1. The molecule has 0 fully saturated rings. The maximum Gasteiger partial charge on any atom is 0.357 e. The normalized spacial score (nSPS) is 14.7. The van der Waals surface area contributed by atoms with Crippen molar-refractivity contribution in [3.05, 3.63) is 59.9 Å².